The van der Waals surface area contributed by atoms with Crippen LogP contribution in [0.5, 0.6) is 0 Å². The van der Waals surface area contributed by atoms with Crippen LogP contribution in [0.15, 0.2) is 0 Å². The van der Waals surface area contributed by atoms with E-state index in [1.807, 2.05) is 0 Å². The molecule has 0 radical (unpaired) electrons. The van der Waals surface area contributed by atoms with Crippen molar-refractivity contribution < 1.29 is 30.0 Å². The lowest BCUT2D eigenvalue weighted by Crippen LogP contribution is -2.39. The first-order valence-corrected chi connectivity index (χ1v) is 7.43. The molecule has 0 spiro atoms. The Morgan fingerprint density at radius 1 is 1.13 bits per heavy atom. The summed E-state index contributed by atoms with van der Waals surface area (Å²) in [6, 6.07) is 0. The van der Waals surface area contributed by atoms with E-state index in [1.54, 1.807) is 0 Å². The van der Waals surface area contributed by atoms with Gasteiger partial charge in [0.25, 0.3) is 9.84 Å². The van der Waals surface area contributed by atoms with E-state index >= 15 is 0 Å². The summed E-state index contributed by atoms with van der Waals surface area (Å²) in [7, 11) is -9.92. The molecule has 0 aliphatic heterocycles. The highest BCUT2D eigenvalue weighted by molar-refractivity contribution is 8.09. The lowest BCUT2D eigenvalue weighted by atomic mass is 10.4. The number of sulfone groups is 2. The molecule has 0 aliphatic carbocycles. The van der Waals surface area contributed by atoms with Crippen LogP contribution in [0.2, 0.25) is 0 Å². The van der Waals surface area contributed by atoms with Crippen LogP contribution >= 0.6 is 0 Å². The minimum atomic E-state index is -5.65. The highest BCUT2D eigenvalue weighted by Crippen LogP contribution is 2.31. The van der Waals surface area contributed by atoms with Crippen molar-refractivity contribution in [3.63, 3.8) is 0 Å². The molecule has 0 heterocycles. The molecule has 0 saturated carbocycles. The summed E-state index contributed by atoms with van der Waals surface area (Å²) >= 11 is 0. The smallest absolute Gasteiger partial charge is 0.228 e. The average Bonchev–Trinajstić information content (AvgIpc) is 1.95. The molecule has 92 valence electrons. The summed E-state index contributed by atoms with van der Waals surface area (Å²) in [5.74, 6) is 0. The Morgan fingerprint density at radius 2 is 1.53 bits per heavy atom. The molecular formula is C6H11F3O4S2. The standard InChI is InChI=1S/C6H11F3O4S2/c1-3-4-5(14(2,10)11)15(12,13)6(7,8)9/h5H,3-4H2,1-2H3. The third-order valence-corrected chi connectivity index (χ3v) is 6.24. The van der Waals surface area contributed by atoms with Crippen LogP contribution in [0.4, 0.5) is 13.2 Å². The Morgan fingerprint density at radius 3 is 1.73 bits per heavy atom. The van der Waals surface area contributed by atoms with Gasteiger partial charge < -0.3 is 0 Å². The van der Waals surface area contributed by atoms with Gasteiger partial charge >= 0.3 is 5.51 Å². The summed E-state index contributed by atoms with van der Waals surface area (Å²) in [5, 5.41) is 0. The van der Waals surface area contributed by atoms with Crippen molar-refractivity contribution >= 4 is 19.7 Å². The van der Waals surface area contributed by atoms with Gasteiger partial charge in [-0.3, -0.25) is 0 Å². The lowest BCUT2D eigenvalue weighted by Gasteiger charge is -2.16. The van der Waals surface area contributed by atoms with Crippen molar-refractivity contribution in [1.82, 2.24) is 0 Å². The summed E-state index contributed by atoms with van der Waals surface area (Å²) < 4.78 is 77.5. The molecule has 1 unspecified atom stereocenters. The number of hydrogen-bond acceptors (Lipinski definition) is 4. The zero-order valence-corrected chi connectivity index (χ0v) is 9.71. The van der Waals surface area contributed by atoms with Crippen molar-refractivity contribution in [2.45, 2.75) is 29.9 Å². The van der Waals surface area contributed by atoms with Crippen molar-refractivity contribution in [2.24, 2.45) is 0 Å². The third kappa shape index (κ3) is 3.33. The largest absolute Gasteiger partial charge is 0.498 e. The number of hydrogen-bond donors (Lipinski definition) is 0. The van der Waals surface area contributed by atoms with Crippen LogP contribution < -0.4 is 0 Å². The van der Waals surface area contributed by atoms with Gasteiger partial charge in [0.2, 0.25) is 0 Å². The maximum atomic E-state index is 12.1. The maximum absolute atomic E-state index is 12.1. The molecule has 0 aliphatic rings. The van der Waals surface area contributed by atoms with Crippen LogP contribution in [0.25, 0.3) is 0 Å². The molecule has 0 amide bonds. The highest BCUT2D eigenvalue weighted by atomic mass is 32.3. The average molecular weight is 268 g/mol. The molecule has 0 aromatic heterocycles. The molecule has 0 bridgehead atoms. The first kappa shape index (κ1) is 14.7. The van der Waals surface area contributed by atoms with E-state index in [1.165, 1.54) is 6.92 Å². The van der Waals surface area contributed by atoms with Crippen LogP contribution in [-0.4, -0.2) is 33.2 Å². The topological polar surface area (TPSA) is 68.3 Å². The highest BCUT2D eigenvalue weighted by Gasteiger charge is 2.53. The second kappa shape index (κ2) is 4.28. The second-order valence-corrected chi connectivity index (χ2v) is 7.69. The van der Waals surface area contributed by atoms with Crippen molar-refractivity contribution in [2.75, 3.05) is 6.26 Å². The number of halogens is 3. The van der Waals surface area contributed by atoms with Crippen molar-refractivity contribution in [3.8, 4) is 0 Å². The van der Waals surface area contributed by atoms with E-state index in [-0.39, 0.29) is 6.42 Å². The molecule has 4 nitrogen and oxygen atoms in total. The molecule has 0 fully saturated rings. The van der Waals surface area contributed by atoms with Crippen molar-refractivity contribution in [3.05, 3.63) is 0 Å². The summed E-state index contributed by atoms with van der Waals surface area (Å²) in [4.78, 5) is 0. The predicted molar refractivity (Wildman–Crippen MR) is 48.5 cm³/mol. The van der Waals surface area contributed by atoms with Gasteiger partial charge in [0.1, 0.15) is 0 Å². The first-order valence-electron chi connectivity index (χ1n) is 3.93. The SMILES string of the molecule is CCCC(S(C)(=O)=O)S(=O)(=O)C(F)(F)F. The molecule has 0 aromatic carbocycles. The Bertz CT molecular complexity index is 406. The fraction of sp³-hybridized carbons (Fsp3) is 1.00. The Balaban J connectivity index is 5.50. The summed E-state index contributed by atoms with van der Waals surface area (Å²) in [6.45, 7) is 1.41. The van der Waals surface area contributed by atoms with Gasteiger partial charge in [0.05, 0.1) is 0 Å². The van der Waals surface area contributed by atoms with Gasteiger partial charge in [0, 0.05) is 6.26 Å². The minimum Gasteiger partial charge on any atom is -0.228 e. The van der Waals surface area contributed by atoms with Gasteiger partial charge in [0.15, 0.2) is 14.4 Å². The van der Waals surface area contributed by atoms with Gasteiger partial charge in [-0.2, -0.15) is 13.2 Å². The molecule has 15 heavy (non-hydrogen) atoms. The Labute approximate surface area is 86.3 Å². The Kier molecular flexibility index (Phi) is 4.19. The van der Waals surface area contributed by atoms with Crippen molar-refractivity contribution in [1.29, 1.82) is 0 Å². The monoisotopic (exact) mass is 268 g/mol. The van der Waals surface area contributed by atoms with Gasteiger partial charge in [-0.05, 0) is 6.42 Å². The molecule has 0 saturated heterocycles. The fourth-order valence-electron chi connectivity index (χ4n) is 0.984. The lowest BCUT2D eigenvalue weighted by molar-refractivity contribution is -0.0439. The van der Waals surface area contributed by atoms with Crippen LogP contribution in [-0.2, 0) is 19.7 Å². The van der Waals surface area contributed by atoms with Crippen LogP contribution in [0, 0.1) is 0 Å². The van der Waals surface area contributed by atoms with Gasteiger partial charge in [-0.25, -0.2) is 16.8 Å². The molecule has 1 atom stereocenters. The summed E-state index contributed by atoms with van der Waals surface area (Å²) in [5.41, 5.74) is -5.53. The normalized spacial score (nSPS) is 16.3. The third-order valence-electron chi connectivity index (χ3n) is 1.67. The number of rotatable bonds is 4. The zero-order chi connectivity index (χ0) is 12.5. The van der Waals surface area contributed by atoms with E-state index < -0.39 is 36.2 Å². The van der Waals surface area contributed by atoms with Crippen LogP contribution in [0.1, 0.15) is 19.8 Å². The van der Waals surface area contributed by atoms with Gasteiger partial charge in [-0.1, -0.05) is 13.3 Å². The minimum absolute atomic E-state index is 0.0348. The van der Waals surface area contributed by atoms with Gasteiger partial charge in [-0.15, -0.1) is 0 Å². The van der Waals surface area contributed by atoms with E-state index in [9.17, 15) is 30.0 Å². The predicted octanol–water partition coefficient (Wildman–Crippen LogP) is 1.09. The molecule has 9 heteroatoms. The molecule has 0 rings (SSSR count). The quantitative estimate of drug-likeness (QED) is 0.765. The second-order valence-electron chi connectivity index (χ2n) is 3.04. The van der Waals surface area contributed by atoms with E-state index in [0.717, 1.165) is 0 Å². The molecule has 0 N–H and O–H groups in total. The van der Waals surface area contributed by atoms with E-state index in [2.05, 4.69) is 0 Å². The van der Waals surface area contributed by atoms with E-state index in [4.69, 9.17) is 0 Å². The summed E-state index contributed by atoms with van der Waals surface area (Å²) in [6.07, 6.45) is -0.0374. The first-order chi connectivity index (χ1) is 6.44. The van der Waals surface area contributed by atoms with Crippen LogP contribution in [0.3, 0.4) is 0 Å². The zero-order valence-electron chi connectivity index (χ0n) is 8.07. The maximum Gasteiger partial charge on any atom is 0.498 e. The Hall–Kier alpha value is -0.310. The molecule has 0 aromatic rings. The number of alkyl halides is 3. The fourth-order valence-corrected chi connectivity index (χ4v) is 4.66. The molecular weight excluding hydrogens is 257 g/mol. The van der Waals surface area contributed by atoms with E-state index in [0.29, 0.717) is 6.26 Å².